The summed E-state index contributed by atoms with van der Waals surface area (Å²) in [5.41, 5.74) is 0. The van der Waals surface area contributed by atoms with Crippen LogP contribution < -0.4 is 5.32 Å². The number of rotatable bonds is 3. The third-order valence-corrected chi connectivity index (χ3v) is 2.63. The van der Waals surface area contributed by atoms with E-state index in [2.05, 4.69) is 10.3 Å². The molecule has 78 valence electrons. The lowest BCUT2D eigenvalue weighted by atomic mass is 10.3. The number of carbonyl (C=O) groups excluding carboxylic acids is 1. The minimum Gasteiger partial charge on any atom is -0.358 e. The molecule has 0 spiro atoms. The number of aromatic nitrogens is 1. The van der Waals surface area contributed by atoms with Crippen molar-refractivity contribution in [1.82, 2.24) is 9.88 Å². The van der Waals surface area contributed by atoms with E-state index in [1.807, 2.05) is 0 Å². The first-order chi connectivity index (χ1) is 6.50. The van der Waals surface area contributed by atoms with E-state index in [0.29, 0.717) is 10.3 Å². The van der Waals surface area contributed by atoms with Gasteiger partial charge >= 0.3 is 0 Å². The van der Waals surface area contributed by atoms with Gasteiger partial charge in [0.05, 0.1) is 0 Å². The monoisotopic (exact) mass is 233 g/mol. The average Bonchev–Trinajstić information content (AvgIpc) is 2.49. The molecule has 0 radical (unpaired) electrons. The molecule has 1 atom stereocenters. The van der Waals surface area contributed by atoms with Crippen molar-refractivity contribution in [3.8, 4) is 0 Å². The molecule has 0 aliphatic rings. The van der Waals surface area contributed by atoms with Gasteiger partial charge in [-0.05, 0) is 6.92 Å². The Labute approximate surface area is 91.9 Å². The second kappa shape index (κ2) is 4.61. The Kier molecular flexibility index (Phi) is 3.71. The first-order valence-corrected chi connectivity index (χ1v) is 5.35. The molecular formula is C8H12ClN3OS. The molecule has 1 amide bonds. The Bertz CT molecular complexity index is 326. The summed E-state index contributed by atoms with van der Waals surface area (Å²) in [6, 6.07) is -0.289. The van der Waals surface area contributed by atoms with Gasteiger partial charge in [0, 0.05) is 19.5 Å². The number of amides is 1. The van der Waals surface area contributed by atoms with Crippen molar-refractivity contribution in [3.63, 3.8) is 0 Å². The average molecular weight is 234 g/mol. The summed E-state index contributed by atoms with van der Waals surface area (Å²) in [6.07, 6.45) is 0. The van der Waals surface area contributed by atoms with Crippen LogP contribution in [0.25, 0.3) is 0 Å². The number of carbonyl (C=O) groups is 1. The van der Waals surface area contributed by atoms with Crippen LogP contribution in [0.5, 0.6) is 0 Å². The van der Waals surface area contributed by atoms with Crippen molar-refractivity contribution in [1.29, 1.82) is 0 Å². The minimum absolute atomic E-state index is 0.00845. The first kappa shape index (κ1) is 11.3. The highest BCUT2D eigenvalue weighted by molar-refractivity contribution is 7.14. The molecule has 0 unspecified atom stereocenters. The highest BCUT2D eigenvalue weighted by atomic mass is 35.5. The molecule has 1 aromatic rings. The minimum atomic E-state index is -0.289. The fraction of sp³-hybridized carbons (Fsp3) is 0.500. The maximum absolute atomic E-state index is 11.5. The lowest BCUT2D eigenvalue weighted by Crippen LogP contribution is -2.36. The maximum atomic E-state index is 11.5. The fourth-order valence-corrected chi connectivity index (χ4v) is 1.69. The zero-order chi connectivity index (χ0) is 10.7. The van der Waals surface area contributed by atoms with Crippen molar-refractivity contribution in [2.75, 3.05) is 19.4 Å². The van der Waals surface area contributed by atoms with Crippen molar-refractivity contribution >= 4 is 34.7 Å². The predicted molar refractivity (Wildman–Crippen MR) is 58.9 cm³/mol. The van der Waals surface area contributed by atoms with Crippen molar-refractivity contribution < 1.29 is 4.79 Å². The molecule has 4 nitrogen and oxygen atoms in total. The maximum Gasteiger partial charge on any atom is 0.244 e. The summed E-state index contributed by atoms with van der Waals surface area (Å²) >= 11 is 6.99. The first-order valence-electron chi connectivity index (χ1n) is 4.09. The van der Waals surface area contributed by atoms with Gasteiger partial charge in [-0.25, -0.2) is 4.98 Å². The molecule has 1 heterocycles. The quantitative estimate of drug-likeness (QED) is 0.864. The number of hydrogen-bond donors (Lipinski definition) is 1. The Hall–Kier alpha value is -0.810. The summed E-state index contributed by atoms with van der Waals surface area (Å²) in [6.45, 7) is 1.79. The van der Waals surface area contributed by atoms with Gasteiger partial charge in [0.25, 0.3) is 0 Å². The molecule has 1 rings (SSSR count). The number of anilines is 1. The van der Waals surface area contributed by atoms with Gasteiger partial charge in [0.15, 0.2) is 4.47 Å². The summed E-state index contributed by atoms with van der Waals surface area (Å²) in [5.74, 6) is 0.650. The third kappa shape index (κ3) is 2.85. The molecule has 0 aliphatic heterocycles. The second-order valence-electron chi connectivity index (χ2n) is 3.08. The van der Waals surface area contributed by atoms with E-state index in [-0.39, 0.29) is 11.9 Å². The van der Waals surface area contributed by atoms with Crippen LogP contribution in [0.1, 0.15) is 6.92 Å². The van der Waals surface area contributed by atoms with Gasteiger partial charge < -0.3 is 10.2 Å². The fourth-order valence-electron chi connectivity index (χ4n) is 0.989. The summed E-state index contributed by atoms with van der Waals surface area (Å²) < 4.78 is 0.469. The zero-order valence-corrected chi connectivity index (χ0v) is 9.82. The van der Waals surface area contributed by atoms with E-state index in [1.165, 1.54) is 16.2 Å². The van der Waals surface area contributed by atoms with E-state index in [0.717, 1.165) is 0 Å². The lowest BCUT2D eigenvalue weighted by molar-refractivity contribution is -0.129. The molecule has 14 heavy (non-hydrogen) atoms. The van der Waals surface area contributed by atoms with Gasteiger partial charge in [-0.3, -0.25) is 4.79 Å². The summed E-state index contributed by atoms with van der Waals surface area (Å²) in [4.78, 5) is 17.0. The van der Waals surface area contributed by atoms with Crippen molar-refractivity contribution in [2.24, 2.45) is 0 Å². The van der Waals surface area contributed by atoms with Crippen LogP contribution in [0, 0.1) is 0 Å². The van der Waals surface area contributed by atoms with Gasteiger partial charge in [0.1, 0.15) is 11.9 Å². The van der Waals surface area contributed by atoms with Gasteiger partial charge in [0.2, 0.25) is 5.91 Å². The predicted octanol–water partition coefficient (Wildman–Crippen LogP) is 1.69. The van der Waals surface area contributed by atoms with Gasteiger partial charge in [-0.2, -0.15) is 0 Å². The molecule has 0 fully saturated rings. The SMILES string of the molecule is C[C@H](Nc1csc(Cl)n1)C(=O)N(C)C. The third-order valence-electron chi connectivity index (χ3n) is 1.65. The Morgan fingerprint density at radius 3 is 2.79 bits per heavy atom. The van der Waals surface area contributed by atoms with Crippen LogP contribution in [-0.4, -0.2) is 35.9 Å². The van der Waals surface area contributed by atoms with Crippen molar-refractivity contribution in [2.45, 2.75) is 13.0 Å². The molecule has 0 saturated heterocycles. The zero-order valence-electron chi connectivity index (χ0n) is 8.24. The highest BCUT2D eigenvalue weighted by Crippen LogP contribution is 2.19. The molecule has 0 bridgehead atoms. The van der Waals surface area contributed by atoms with E-state index >= 15 is 0 Å². The highest BCUT2D eigenvalue weighted by Gasteiger charge is 2.15. The smallest absolute Gasteiger partial charge is 0.244 e. The summed E-state index contributed by atoms with van der Waals surface area (Å²) in [5, 5.41) is 4.75. The van der Waals surface area contributed by atoms with E-state index in [9.17, 15) is 4.79 Å². The topological polar surface area (TPSA) is 45.2 Å². The number of likely N-dealkylation sites (N-methyl/N-ethyl adjacent to an activating group) is 1. The van der Waals surface area contributed by atoms with Crippen molar-refractivity contribution in [3.05, 3.63) is 9.85 Å². The Morgan fingerprint density at radius 1 is 1.71 bits per heavy atom. The van der Waals surface area contributed by atoms with E-state index in [1.54, 1.807) is 26.4 Å². The van der Waals surface area contributed by atoms with Gasteiger partial charge in [-0.1, -0.05) is 11.6 Å². The van der Waals surface area contributed by atoms with E-state index in [4.69, 9.17) is 11.6 Å². The lowest BCUT2D eigenvalue weighted by Gasteiger charge is -2.17. The molecule has 0 saturated carbocycles. The second-order valence-corrected chi connectivity index (χ2v) is 4.52. The standard InChI is InChI=1S/C8H12ClN3OS/c1-5(7(13)12(2)3)10-6-4-14-8(9)11-6/h4-5,10H,1-3H3/t5-/m0/s1. The molecule has 0 aliphatic carbocycles. The molecule has 0 aromatic carbocycles. The Balaban J connectivity index is 2.57. The van der Waals surface area contributed by atoms with Crippen LogP contribution in [0.3, 0.4) is 0 Å². The molecule has 1 aromatic heterocycles. The molecule has 1 N–H and O–H groups in total. The van der Waals surface area contributed by atoms with E-state index < -0.39 is 0 Å². The largest absolute Gasteiger partial charge is 0.358 e. The number of hydrogen-bond acceptors (Lipinski definition) is 4. The molecular weight excluding hydrogens is 222 g/mol. The van der Waals surface area contributed by atoms with Crippen LogP contribution in [0.4, 0.5) is 5.82 Å². The number of halogens is 1. The van der Waals surface area contributed by atoms with Gasteiger partial charge in [-0.15, -0.1) is 11.3 Å². The van der Waals surface area contributed by atoms with Crippen LogP contribution in [0.15, 0.2) is 5.38 Å². The van der Waals surface area contributed by atoms with Crippen LogP contribution in [-0.2, 0) is 4.79 Å². The Morgan fingerprint density at radius 2 is 2.36 bits per heavy atom. The normalized spacial score (nSPS) is 12.3. The summed E-state index contributed by atoms with van der Waals surface area (Å²) in [7, 11) is 3.43. The number of nitrogens with zero attached hydrogens (tertiary/aromatic N) is 2. The molecule has 6 heteroatoms. The van der Waals surface area contributed by atoms with Crippen LogP contribution in [0.2, 0.25) is 4.47 Å². The number of thiazole rings is 1. The van der Waals surface area contributed by atoms with Crippen LogP contribution >= 0.6 is 22.9 Å². The number of nitrogens with one attached hydrogen (secondary N) is 1.